The Morgan fingerprint density at radius 3 is 2.87 bits per heavy atom. The maximum atomic E-state index is 13.4. The van der Waals surface area contributed by atoms with Gasteiger partial charge in [-0.05, 0) is 65.7 Å². The summed E-state index contributed by atoms with van der Waals surface area (Å²) in [5.74, 6) is 0.905. The van der Waals surface area contributed by atoms with Crippen LogP contribution in [-0.2, 0) is 17.8 Å². The quantitative estimate of drug-likeness (QED) is 0.213. The Kier molecular flexibility index (Phi) is 7.69. The Bertz CT molecular complexity index is 1610. The number of nitrogens with zero attached hydrogens (tertiary/aromatic N) is 2. The Balaban J connectivity index is 1.19. The summed E-state index contributed by atoms with van der Waals surface area (Å²) >= 11 is 8.29. The van der Waals surface area contributed by atoms with E-state index in [4.69, 9.17) is 21.1 Å². The van der Waals surface area contributed by atoms with Crippen molar-refractivity contribution in [3.8, 4) is 16.2 Å². The maximum absolute atomic E-state index is 13.4. The number of aromatic nitrogens is 2. The Morgan fingerprint density at radius 2 is 2.03 bits per heavy atom. The molecule has 1 saturated heterocycles. The smallest absolute Gasteiger partial charge is 0.141 e. The first-order valence-electron chi connectivity index (χ1n) is 12.7. The highest BCUT2D eigenvalue weighted by molar-refractivity contribution is 7.15. The number of ether oxygens (including phenoxy) is 2. The van der Waals surface area contributed by atoms with Crippen LogP contribution in [-0.4, -0.2) is 35.8 Å². The van der Waals surface area contributed by atoms with Gasteiger partial charge in [0.15, 0.2) is 0 Å². The van der Waals surface area contributed by atoms with Gasteiger partial charge in [0.05, 0.1) is 23.3 Å². The van der Waals surface area contributed by atoms with Crippen LogP contribution in [0.25, 0.3) is 21.3 Å². The molecule has 0 radical (unpaired) electrons. The van der Waals surface area contributed by atoms with Gasteiger partial charge in [-0.1, -0.05) is 29.8 Å². The predicted molar refractivity (Wildman–Crippen MR) is 155 cm³/mol. The van der Waals surface area contributed by atoms with Gasteiger partial charge in [-0.2, -0.15) is 0 Å². The first kappa shape index (κ1) is 25.7. The molecule has 0 amide bonds. The molecule has 6 rings (SSSR count). The highest BCUT2D eigenvalue weighted by Crippen LogP contribution is 2.34. The normalized spacial score (nSPS) is 15.4. The van der Waals surface area contributed by atoms with E-state index in [2.05, 4.69) is 44.9 Å². The zero-order chi connectivity index (χ0) is 26.6. The molecule has 9 heteroatoms. The molecule has 1 fully saturated rings. The van der Waals surface area contributed by atoms with E-state index in [0.717, 1.165) is 53.8 Å². The molecule has 3 heterocycles. The van der Waals surface area contributed by atoms with Crippen molar-refractivity contribution in [3.05, 3.63) is 100 Å². The molecule has 1 atom stereocenters. The van der Waals surface area contributed by atoms with Crippen LogP contribution in [0.15, 0.2) is 79.1 Å². The fourth-order valence-electron chi connectivity index (χ4n) is 4.55. The largest absolute Gasteiger partial charge is 0.487 e. The number of hydrogen-bond donors (Lipinski definition) is 2. The van der Waals surface area contributed by atoms with Gasteiger partial charge in [0.25, 0.3) is 0 Å². The maximum Gasteiger partial charge on any atom is 0.141 e. The third kappa shape index (κ3) is 6.20. The number of thiophene rings is 1. The molecule has 6 nitrogen and oxygen atoms in total. The molecule has 0 bridgehead atoms. The van der Waals surface area contributed by atoms with Crippen LogP contribution in [0.1, 0.15) is 10.4 Å². The van der Waals surface area contributed by atoms with Crippen molar-refractivity contribution in [1.29, 1.82) is 0 Å². The lowest BCUT2D eigenvalue weighted by Gasteiger charge is -2.22. The molecule has 5 aromatic rings. The van der Waals surface area contributed by atoms with Crippen molar-refractivity contribution in [1.82, 2.24) is 15.3 Å². The molecule has 1 aliphatic heterocycles. The lowest BCUT2D eigenvalue weighted by molar-refractivity contribution is 0.0297. The van der Waals surface area contributed by atoms with E-state index in [1.807, 2.05) is 12.1 Å². The van der Waals surface area contributed by atoms with Gasteiger partial charge in [0, 0.05) is 40.3 Å². The molecule has 0 spiro atoms. The number of benzene rings is 3. The van der Waals surface area contributed by atoms with Crippen LogP contribution in [0.4, 0.5) is 15.9 Å². The summed E-state index contributed by atoms with van der Waals surface area (Å²) in [6.45, 7) is 2.79. The van der Waals surface area contributed by atoms with Crippen LogP contribution >= 0.6 is 22.9 Å². The minimum Gasteiger partial charge on any atom is -0.487 e. The van der Waals surface area contributed by atoms with Crippen molar-refractivity contribution in [2.24, 2.45) is 0 Å². The first-order chi connectivity index (χ1) is 19.1. The molecule has 3 aromatic carbocycles. The van der Waals surface area contributed by atoms with Crippen LogP contribution in [0.3, 0.4) is 0 Å². The number of halogens is 2. The van der Waals surface area contributed by atoms with Crippen LogP contribution in [0.5, 0.6) is 5.75 Å². The topological polar surface area (TPSA) is 68.3 Å². The molecule has 2 N–H and O–H groups in total. The minimum absolute atomic E-state index is 0.219. The van der Waals surface area contributed by atoms with Crippen molar-refractivity contribution >= 4 is 45.3 Å². The number of nitrogens with one attached hydrogen (secondary N) is 2. The summed E-state index contributed by atoms with van der Waals surface area (Å²) in [6.07, 6.45) is 2.67. The van der Waals surface area contributed by atoms with Crippen molar-refractivity contribution < 1.29 is 13.9 Å². The van der Waals surface area contributed by atoms with E-state index in [-0.39, 0.29) is 18.5 Å². The second-order valence-corrected chi connectivity index (χ2v) is 10.9. The zero-order valence-corrected chi connectivity index (χ0v) is 22.6. The molecule has 1 unspecified atom stereocenters. The van der Waals surface area contributed by atoms with Crippen LogP contribution < -0.4 is 15.4 Å². The van der Waals surface area contributed by atoms with Crippen molar-refractivity contribution in [3.63, 3.8) is 0 Å². The standard InChI is InChI=1S/C30H26ClFN4O2S/c31-26-14-22(5-8-28(26)38-17-19-2-1-3-21(32)12-19)36-30-25-13-20(4-7-27(25)34-18-35-30)29-9-6-24(39-29)15-23-16-33-10-11-37-23/h1-9,12-14,18,23,33H,10-11,15-17H2,(H,34,35,36). The lowest BCUT2D eigenvalue weighted by Crippen LogP contribution is -2.39. The fraction of sp³-hybridized carbons (Fsp3) is 0.200. The fourth-order valence-corrected chi connectivity index (χ4v) is 5.85. The summed E-state index contributed by atoms with van der Waals surface area (Å²) < 4.78 is 25.1. The van der Waals surface area contributed by atoms with Crippen LogP contribution in [0.2, 0.25) is 5.02 Å². The van der Waals surface area contributed by atoms with Gasteiger partial charge in [-0.25, -0.2) is 14.4 Å². The number of rotatable bonds is 8. The van der Waals surface area contributed by atoms with Gasteiger partial charge in [0.2, 0.25) is 0 Å². The van der Waals surface area contributed by atoms with Crippen LogP contribution in [0, 0.1) is 5.82 Å². The summed E-state index contributed by atoms with van der Waals surface area (Å²) in [7, 11) is 0. The van der Waals surface area contributed by atoms with Gasteiger partial charge in [-0.15, -0.1) is 11.3 Å². The highest BCUT2D eigenvalue weighted by Gasteiger charge is 2.16. The first-order valence-corrected chi connectivity index (χ1v) is 13.9. The molecule has 2 aromatic heterocycles. The second-order valence-electron chi connectivity index (χ2n) is 9.31. The summed E-state index contributed by atoms with van der Waals surface area (Å²) in [5, 5.41) is 8.12. The van der Waals surface area contributed by atoms with E-state index in [0.29, 0.717) is 16.6 Å². The number of anilines is 2. The third-order valence-corrected chi connectivity index (χ3v) is 7.94. The molecule has 39 heavy (non-hydrogen) atoms. The summed E-state index contributed by atoms with van der Waals surface area (Å²) in [4.78, 5) is 11.4. The zero-order valence-electron chi connectivity index (χ0n) is 21.0. The van der Waals surface area contributed by atoms with Gasteiger partial charge in [0.1, 0.15) is 30.3 Å². The van der Waals surface area contributed by atoms with Crippen molar-refractivity contribution in [2.45, 2.75) is 19.1 Å². The van der Waals surface area contributed by atoms with E-state index < -0.39 is 0 Å². The summed E-state index contributed by atoms with van der Waals surface area (Å²) in [6, 6.07) is 22.3. The summed E-state index contributed by atoms with van der Waals surface area (Å²) in [5.41, 5.74) is 3.45. The SMILES string of the molecule is Fc1cccc(COc2ccc(Nc3ncnc4ccc(-c5ccc(CC6CNCCO6)s5)cc34)cc2Cl)c1. The molecular weight excluding hydrogens is 535 g/mol. The highest BCUT2D eigenvalue weighted by atomic mass is 35.5. The monoisotopic (exact) mass is 560 g/mol. The molecule has 0 aliphatic carbocycles. The minimum atomic E-state index is -0.298. The van der Waals surface area contributed by atoms with E-state index in [1.165, 1.54) is 21.9 Å². The second kappa shape index (κ2) is 11.7. The lowest BCUT2D eigenvalue weighted by atomic mass is 10.1. The van der Waals surface area contributed by atoms with Crippen molar-refractivity contribution in [2.75, 3.05) is 25.0 Å². The molecular formula is C30H26ClFN4O2S. The Morgan fingerprint density at radius 1 is 1.08 bits per heavy atom. The van der Waals surface area contributed by atoms with Gasteiger partial charge >= 0.3 is 0 Å². The van der Waals surface area contributed by atoms with E-state index in [1.54, 1.807) is 41.9 Å². The molecule has 0 saturated carbocycles. The van der Waals surface area contributed by atoms with E-state index in [9.17, 15) is 4.39 Å². The Hall–Kier alpha value is -3.56. The average Bonchev–Trinajstić information content (AvgIpc) is 3.42. The molecule has 1 aliphatic rings. The average molecular weight is 561 g/mol. The third-order valence-electron chi connectivity index (χ3n) is 6.49. The van der Waals surface area contributed by atoms with E-state index >= 15 is 0 Å². The Labute approximate surface area is 234 Å². The predicted octanol–water partition coefficient (Wildman–Crippen LogP) is 7.00. The van der Waals surface area contributed by atoms with Gasteiger partial charge in [-0.3, -0.25) is 0 Å². The van der Waals surface area contributed by atoms with Gasteiger partial charge < -0.3 is 20.1 Å². The number of hydrogen-bond acceptors (Lipinski definition) is 7. The number of morpholine rings is 1. The molecule has 198 valence electrons. The number of fused-ring (bicyclic) bond motifs is 1.